The lowest BCUT2D eigenvalue weighted by atomic mass is 10.1. The fourth-order valence-corrected chi connectivity index (χ4v) is 4.78. The number of halogens is 3. The summed E-state index contributed by atoms with van der Waals surface area (Å²) in [7, 11) is 0. The van der Waals surface area contributed by atoms with Gasteiger partial charge in [0.2, 0.25) is 0 Å². The van der Waals surface area contributed by atoms with Gasteiger partial charge in [0.25, 0.3) is 0 Å². The van der Waals surface area contributed by atoms with Crippen LogP contribution in [-0.2, 0) is 20.8 Å². The molecule has 0 unspecified atom stereocenters. The van der Waals surface area contributed by atoms with Crippen LogP contribution in [0.4, 0.5) is 17.1 Å². The van der Waals surface area contributed by atoms with Gasteiger partial charge >= 0.3 is 11.9 Å². The Morgan fingerprint density at radius 2 is 1.61 bits per heavy atom. The number of ether oxygens (including phenoxy) is 2. The van der Waals surface area contributed by atoms with Gasteiger partial charge in [-0.05, 0) is 83.8 Å². The molecule has 38 heavy (non-hydrogen) atoms. The Hall–Kier alpha value is -2.78. The van der Waals surface area contributed by atoms with Crippen molar-refractivity contribution in [1.82, 2.24) is 4.90 Å². The Morgan fingerprint density at radius 3 is 2.24 bits per heavy atom. The molecule has 0 radical (unpaired) electrons. The third-order valence-corrected chi connectivity index (χ3v) is 6.96. The Kier molecular flexibility index (Phi) is 11.7. The van der Waals surface area contributed by atoms with Crippen molar-refractivity contribution in [2.45, 2.75) is 26.3 Å². The lowest BCUT2D eigenvalue weighted by Gasteiger charge is -2.17. The van der Waals surface area contributed by atoms with Crippen molar-refractivity contribution in [2.24, 2.45) is 0 Å². The fourth-order valence-electron chi connectivity index (χ4n) is 3.79. The summed E-state index contributed by atoms with van der Waals surface area (Å²) in [6, 6.07) is 18.6. The minimum absolute atomic E-state index is 0.0296. The number of benzene rings is 3. The number of likely N-dealkylation sites (tertiary alicyclic amines) is 1. The molecule has 1 fully saturated rings. The summed E-state index contributed by atoms with van der Waals surface area (Å²) in [6.45, 7) is 4.21. The van der Waals surface area contributed by atoms with Gasteiger partial charge < -0.3 is 20.5 Å². The molecule has 1 aliphatic rings. The van der Waals surface area contributed by atoms with Crippen LogP contribution in [0.15, 0.2) is 65.1 Å². The number of hydrogen-bond donors (Lipinski definition) is 2. The quantitative estimate of drug-likeness (QED) is 0.157. The van der Waals surface area contributed by atoms with Crippen LogP contribution >= 0.6 is 39.1 Å². The molecular formula is C28H30BrCl2N3O4. The molecule has 0 atom stereocenters. The van der Waals surface area contributed by atoms with Gasteiger partial charge in [0.15, 0.2) is 0 Å². The molecule has 4 rings (SSSR count). The van der Waals surface area contributed by atoms with E-state index < -0.39 is 11.9 Å². The molecule has 0 spiro atoms. The number of carbonyl (C=O) groups is 2. The van der Waals surface area contributed by atoms with Crippen LogP contribution in [-0.4, -0.2) is 43.1 Å². The zero-order chi connectivity index (χ0) is 27.5. The average Bonchev–Trinajstić information content (AvgIpc) is 3.41. The Labute approximate surface area is 241 Å². The van der Waals surface area contributed by atoms with Crippen molar-refractivity contribution in [2.75, 3.05) is 37.4 Å². The van der Waals surface area contributed by atoms with Crippen molar-refractivity contribution in [3.63, 3.8) is 0 Å². The van der Waals surface area contributed by atoms with Crippen molar-refractivity contribution < 1.29 is 19.1 Å². The number of nitrogens with one attached hydrogen (secondary N) is 1. The molecule has 7 nitrogen and oxygen atoms in total. The van der Waals surface area contributed by atoms with Crippen LogP contribution in [0.3, 0.4) is 0 Å². The lowest BCUT2D eigenvalue weighted by molar-refractivity contribution is -0.142. The number of nitrogens with two attached hydrogens (primary N) is 1. The van der Waals surface area contributed by atoms with E-state index >= 15 is 0 Å². The number of nitrogens with zero attached hydrogens (tertiary/aromatic N) is 1. The van der Waals surface area contributed by atoms with E-state index in [1.54, 1.807) is 24.3 Å². The zero-order valence-electron chi connectivity index (χ0n) is 21.0. The van der Waals surface area contributed by atoms with E-state index in [1.807, 2.05) is 36.4 Å². The lowest BCUT2D eigenvalue weighted by Crippen LogP contribution is -2.20. The summed E-state index contributed by atoms with van der Waals surface area (Å²) in [5.41, 5.74) is 9.80. The highest BCUT2D eigenvalue weighted by Crippen LogP contribution is 2.32. The third-order valence-electron chi connectivity index (χ3n) is 5.67. The summed E-state index contributed by atoms with van der Waals surface area (Å²) in [5.74, 6) is -0.857. The van der Waals surface area contributed by atoms with E-state index in [0.29, 0.717) is 25.8 Å². The average molecular weight is 623 g/mol. The standard InChI is InChI=1S/C16H21BrN2O4.C12H9Cl2N/c1-11(20)22-6-7-23-16(21)12-8-13(15(18)14(17)9-12)10-19-4-2-3-5-19;13-10-7-4-8-11(14)12(10)15-9-5-2-1-3-6-9/h8-9H,2-7,10,18H2,1H3;1-8,15H. The maximum atomic E-state index is 12.1. The van der Waals surface area contributed by atoms with Crippen LogP contribution < -0.4 is 11.1 Å². The molecule has 0 aromatic heterocycles. The molecule has 0 bridgehead atoms. The normalized spacial score (nSPS) is 12.8. The Morgan fingerprint density at radius 1 is 0.974 bits per heavy atom. The van der Waals surface area contributed by atoms with Gasteiger partial charge in [0.1, 0.15) is 13.2 Å². The van der Waals surface area contributed by atoms with Crippen LogP contribution in [0.1, 0.15) is 35.7 Å². The monoisotopic (exact) mass is 621 g/mol. The molecule has 3 aromatic rings. The van der Waals surface area contributed by atoms with Gasteiger partial charge in [-0.25, -0.2) is 4.79 Å². The van der Waals surface area contributed by atoms with Crippen molar-refractivity contribution in [1.29, 1.82) is 0 Å². The Balaban J connectivity index is 0.000000230. The summed E-state index contributed by atoms with van der Waals surface area (Å²) in [4.78, 5) is 25.1. The minimum atomic E-state index is -0.458. The first kappa shape index (κ1) is 29.8. The van der Waals surface area contributed by atoms with Gasteiger partial charge in [-0.2, -0.15) is 0 Å². The number of rotatable bonds is 8. The fraction of sp³-hybridized carbons (Fsp3) is 0.286. The molecule has 1 heterocycles. The summed E-state index contributed by atoms with van der Waals surface area (Å²) < 4.78 is 10.5. The first-order chi connectivity index (χ1) is 18.2. The molecule has 0 saturated carbocycles. The van der Waals surface area contributed by atoms with E-state index in [9.17, 15) is 9.59 Å². The van der Waals surface area contributed by atoms with Gasteiger partial charge in [-0.3, -0.25) is 9.69 Å². The first-order valence-corrected chi connectivity index (χ1v) is 13.7. The van der Waals surface area contributed by atoms with Crippen molar-refractivity contribution in [3.8, 4) is 0 Å². The van der Waals surface area contributed by atoms with Gasteiger partial charge in [0.05, 0.1) is 27.0 Å². The van der Waals surface area contributed by atoms with E-state index in [1.165, 1.54) is 19.8 Å². The minimum Gasteiger partial charge on any atom is -0.462 e. The first-order valence-electron chi connectivity index (χ1n) is 12.1. The molecule has 10 heteroatoms. The number of hydrogen-bond acceptors (Lipinski definition) is 7. The van der Waals surface area contributed by atoms with Gasteiger partial charge in [-0.1, -0.05) is 47.5 Å². The molecular weight excluding hydrogens is 593 g/mol. The smallest absolute Gasteiger partial charge is 0.338 e. The summed E-state index contributed by atoms with van der Waals surface area (Å²) >= 11 is 15.5. The second kappa shape index (κ2) is 15.0. The number of para-hydroxylation sites is 2. The van der Waals surface area contributed by atoms with Crippen LogP contribution in [0.2, 0.25) is 10.0 Å². The van der Waals surface area contributed by atoms with Crippen LogP contribution in [0.5, 0.6) is 0 Å². The van der Waals surface area contributed by atoms with Crippen LogP contribution in [0, 0.1) is 0 Å². The van der Waals surface area contributed by atoms with E-state index in [4.69, 9.17) is 38.4 Å². The number of nitrogen functional groups attached to an aromatic ring is 1. The van der Waals surface area contributed by atoms with Gasteiger partial charge in [0, 0.05) is 23.6 Å². The topological polar surface area (TPSA) is 93.9 Å². The predicted molar refractivity (Wildman–Crippen MR) is 156 cm³/mol. The number of anilines is 3. The maximum absolute atomic E-state index is 12.1. The molecule has 0 amide bonds. The SMILES string of the molecule is CC(=O)OCCOC(=O)c1cc(Br)c(N)c(CN2CCCC2)c1.Clc1cccc(Cl)c1Nc1ccccc1. The van der Waals surface area contributed by atoms with E-state index in [0.717, 1.165) is 36.6 Å². The van der Waals surface area contributed by atoms with Crippen LogP contribution in [0.25, 0.3) is 0 Å². The molecule has 0 aliphatic carbocycles. The molecule has 3 aromatic carbocycles. The second-order valence-electron chi connectivity index (χ2n) is 8.58. The number of esters is 2. The zero-order valence-corrected chi connectivity index (χ0v) is 24.1. The highest BCUT2D eigenvalue weighted by atomic mass is 79.9. The predicted octanol–water partition coefficient (Wildman–Crippen LogP) is 7.08. The largest absolute Gasteiger partial charge is 0.462 e. The molecule has 1 aliphatic heterocycles. The van der Waals surface area contributed by atoms with E-state index in [-0.39, 0.29) is 13.2 Å². The Bertz CT molecular complexity index is 1220. The summed E-state index contributed by atoms with van der Waals surface area (Å²) in [6.07, 6.45) is 2.39. The molecule has 3 N–H and O–H groups in total. The maximum Gasteiger partial charge on any atom is 0.338 e. The molecule has 202 valence electrons. The van der Waals surface area contributed by atoms with E-state index in [2.05, 4.69) is 26.1 Å². The highest BCUT2D eigenvalue weighted by molar-refractivity contribution is 9.10. The van der Waals surface area contributed by atoms with Crippen molar-refractivity contribution >= 4 is 68.1 Å². The highest BCUT2D eigenvalue weighted by Gasteiger charge is 2.17. The third kappa shape index (κ3) is 9.20. The van der Waals surface area contributed by atoms with Crippen molar-refractivity contribution in [3.05, 3.63) is 86.3 Å². The number of carbonyl (C=O) groups excluding carboxylic acids is 2. The molecule has 1 saturated heterocycles. The van der Waals surface area contributed by atoms with Gasteiger partial charge in [-0.15, -0.1) is 0 Å². The summed E-state index contributed by atoms with van der Waals surface area (Å²) in [5, 5.41) is 4.41. The second-order valence-corrected chi connectivity index (χ2v) is 10.2.